The SMILES string of the molecule is CCCNC(CO)(CN(CC)C(C)C)C1CC1. The zero-order valence-electron chi connectivity index (χ0n) is 12.0. The Hall–Kier alpha value is -0.120. The van der Waals surface area contributed by atoms with Crippen molar-refractivity contribution < 1.29 is 5.11 Å². The summed E-state index contributed by atoms with van der Waals surface area (Å²) < 4.78 is 0. The zero-order chi connectivity index (χ0) is 12.9. The quantitative estimate of drug-likeness (QED) is 0.648. The number of likely N-dealkylation sites (N-methyl/N-ethyl adjacent to an activating group) is 1. The van der Waals surface area contributed by atoms with Crippen molar-refractivity contribution in [1.82, 2.24) is 10.2 Å². The van der Waals surface area contributed by atoms with E-state index < -0.39 is 0 Å². The van der Waals surface area contributed by atoms with Crippen molar-refractivity contribution in [3.05, 3.63) is 0 Å². The van der Waals surface area contributed by atoms with E-state index in [1.165, 1.54) is 12.8 Å². The van der Waals surface area contributed by atoms with E-state index in [-0.39, 0.29) is 12.1 Å². The monoisotopic (exact) mass is 242 g/mol. The molecule has 1 aliphatic carbocycles. The largest absolute Gasteiger partial charge is 0.394 e. The van der Waals surface area contributed by atoms with Gasteiger partial charge in [-0.15, -0.1) is 0 Å². The van der Waals surface area contributed by atoms with E-state index in [1.54, 1.807) is 0 Å². The van der Waals surface area contributed by atoms with Crippen LogP contribution in [0.3, 0.4) is 0 Å². The number of aliphatic hydroxyl groups excluding tert-OH is 1. The van der Waals surface area contributed by atoms with E-state index >= 15 is 0 Å². The first kappa shape index (κ1) is 14.9. The molecule has 0 aromatic carbocycles. The molecule has 1 atom stereocenters. The van der Waals surface area contributed by atoms with Gasteiger partial charge in [0.15, 0.2) is 0 Å². The highest BCUT2D eigenvalue weighted by Gasteiger charge is 2.45. The zero-order valence-corrected chi connectivity index (χ0v) is 12.0. The normalized spacial score (nSPS) is 19.9. The van der Waals surface area contributed by atoms with Gasteiger partial charge in [-0.05, 0) is 52.1 Å². The molecule has 3 heteroatoms. The van der Waals surface area contributed by atoms with Crippen LogP contribution in [-0.2, 0) is 0 Å². The molecule has 1 fully saturated rings. The Kier molecular flexibility index (Phi) is 5.90. The van der Waals surface area contributed by atoms with E-state index in [4.69, 9.17) is 0 Å². The van der Waals surface area contributed by atoms with Crippen LogP contribution in [0.4, 0.5) is 0 Å². The maximum Gasteiger partial charge on any atom is 0.0628 e. The van der Waals surface area contributed by atoms with E-state index in [1.807, 2.05) is 0 Å². The van der Waals surface area contributed by atoms with Gasteiger partial charge in [-0.3, -0.25) is 4.90 Å². The lowest BCUT2D eigenvalue weighted by Gasteiger charge is -2.40. The molecule has 1 rings (SSSR count). The molecule has 0 heterocycles. The maximum atomic E-state index is 9.85. The van der Waals surface area contributed by atoms with Gasteiger partial charge >= 0.3 is 0 Å². The molecule has 0 saturated heterocycles. The predicted molar refractivity (Wildman–Crippen MR) is 73.2 cm³/mol. The highest BCUT2D eigenvalue weighted by molar-refractivity contribution is 5.03. The topological polar surface area (TPSA) is 35.5 Å². The van der Waals surface area contributed by atoms with Crippen LogP contribution < -0.4 is 5.32 Å². The van der Waals surface area contributed by atoms with E-state index in [9.17, 15) is 5.11 Å². The molecule has 0 aromatic rings. The molecule has 0 aliphatic heterocycles. The molecular formula is C14H30N2O. The first-order chi connectivity index (χ1) is 8.09. The fraction of sp³-hybridized carbons (Fsp3) is 1.00. The van der Waals surface area contributed by atoms with Crippen LogP contribution in [0.2, 0.25) is 0 Å². The Balaban J connectivity index is 2.66. The van der Waals surface area contributed by atoms with Gasteiger partial charge in [0.05, 0.1) is 12.1 Å². The van der Waals surface area contributed by atoms with Crippen LogP contribution in [0.25, 0.3) is 0 Å². The van der Waals surface area contributed by atoms with Crippen LogP contribution in [-0.4, -0.2) is 47.8 Å². The van der Waals surface area contributed by atoms with Gasteiger partial charge in [-0.2, -0.15) is 0 Å². The molecular weight excluding hydrogens is 212 g/mol. The summed E-state index contributed by atoms with van der Waals surface area (Å²) in [5.74, 6) is 0.673. The summed E-state index contributed by atoms with van der Waals surface area (Å²) in [6.07, 6.45) is 3.67. The summed E-state index contributed by atoms with van der Waals surface area (Å²) in [5, 5.41) is 13.5. The second kappa shape index (κ2) is 6.72. The van der Waals surface area contributed by atoms with Crippen molar-refractivity contribution >= 4 is 0 Å². The highest BCUT2D eigenvalue weighted by Crippen LogP contribution is 2.40. The molecule has 1 saturated carbocycles. The summed E-state index contributed by atoms with van der Waals surface area (Å²) in [4.78, 5) is 2.46. The van der Waals surface area contributed by atoms with Crippen LogP contribution in [0.15, 0.2) is 0 Å². The van der Waals surface area contributed by atoms with Gasteiger partial charge in [-0.25, -0.2) is 0 Å². The summed E-state index contributed by atoms with van der Waals surface area (Å²) in [6.45, 7) is 12.2. The maximum absolute atomic E-state index is 9.85. The van der Waals surface area contributed by atoms with Crippen molar-refractivity contribution in [1.29, 1.82) is 0 Å². The second-order valence-corrected chi connectivity index (χ2v) is 5.67. The number of hydrogen-bond acceptors (Lipinski definition) is 3. The van der Waals surface area contributed by atoms with Gasteiger partial charge in [0.25, 0.3) is 0 Å². The standard InChI is InChI=1S/C14H30N2O/c1-5-9-15-14(11-17,13-7-8-13)10-16(6-2)12(3)4/h12-13,15,17H,5-11H2,1-4H3. The first-order valence-electron chi connectivity index (χ1n) is 7.19. The lowest BCUT2D eigenvalue weighted by molar-refractivity contribution is 0.0796. The fourth-order valence-corrected chi connectivity index (χ4v) is 2.60. The molecule has 0 amide bonds. The number of nitrogens with one attached hydrogen (secondary N) is 1. The third-order valence-corrected chi connectivity index (χ3v) is 3.99. The number of nitrogens with zero attached hydrogens (tertiary/aromatic N) is 1. The molecule has 0 spiro atoms. The highest BCUT2D eigenvalue weighted by atomic mass is 16.3. The minimum absolute atomic E-state index is 0.0592. The van der Waals surface area contributed by atoms with Crippen molar-refractivity contribution in [3.8, 4) is 0 Å². The van der Waals surface area contributed by atoms with E-state index in [0.29, 0.717) is 12.0 Å². The molecule has 2 N–H and O–H groups in total. The van der Waals surface area contributed by atoms with Crippen LogP contribution in [0.5, 0.6) is 0 Å². The van der Waals surface area contributed by atoms with Crippen LogP contribution in [0, 0.1) is 5.92 Å². The van der Waals surface area contributed by atoms with Gasteiger partial charge in [0.1, 0.15) is 0 Å². The Labute approximate surface area is 107 Å². The first-order valence-corrected chi connectivity index (χ1v) is 7.19. The lowest BCUT2D eigenvalue weighted by atomic mass is 9.92. The molecule has 0 bridgehead atoms. The third-order valence-electron chi connectivity index (χ3n) is 3.99. The third kappa shape index (κ3) is 3.94. The molecule has 0 aromatic heterocycles. The fourth-order valence-electron chi connectivity index (χ4n) is 2.60. The van der Waals surface area contributed by atoms with Gasteiger partial charge < -0.3 is 10.4 Å². The Morgan fingerprint density at radius 2 is 2.00 bits per heavy atom. The molecule has 0 radical (unpaired) electrons. The van der Waals surface area contributed by atoms with Gasteiger partial charge in [-0.1, -0.05) is 13.8 Å². The summed E-state index contributed by atoms with van der Waals surface area (Å²) in [6, 6.07) is 0.549. The minimum atomic E-state index is -0.0592. The van der Waals surface area contributed by atoms with Gasteiger partial charge in [0.2, 0.25) is 0 Å². The van der Waals surface area contributed by atoms with Crippen molar-refractivity contribution in [2.75, 3.05) is 26.2 Å². The smallest absolute Gasteiger partial charge is 0.0628 e. The van der Waals surface area contributed by atoms with E-state index in [0.717, 1.165) is 26.1 Å². The lowest BCUT2D eigenvalue weighted by Crippen LogP contribution is -2.59. The summed E-state index contributed by atoms with van der Waals surface area (Å²) in [7, 11) is 0. The molecule has 1 unspecified atom stereocenters. The van der Waals surface area contributed by atoms with Crippen molar-refractivity contribution in [3.63, 3.8) is 0 Å². The van der Waals surface area contributed by atoms with Gasteiger partial charge in [0, 0.05) is 12.6 Å². The van der Waals surface area contributed by atoms with E-state index in [2.05, 4.69) is 37.9 Å². The molecule has 1 aliphatic rings. The number of hydrogen-bond donors (Lipinski definition) is 2. The Morgan fingerprint density at radius 3 is 2.35 bits per heavy atom. The van der Waals surface area contributed by atoms with Crippen LogP contribution in [0.1, 0.15) is 47.0 Å². The Bertz CT molecular complexity index is 216. The average molecular weight is 242 g/mol. The molecule has 3 nitrogen and oxygen atoms in total. The summed E-state index contributed by atoms with van der Waals surface area (Å²) >= 11 is 0. The Morgan fingerprint density at radius 1 is 1.35 bits per heavy atom. The van der Waals surface area contributed by atoms with Crippen molar-refractivity contribution in [2.45, 2.75) is 58.5 Å². The van der Waals surface area contributed by atoms with Crippen LogP contribution >= 0.6 is 0 Å². The summed E-state index contributed by atoms with van der Waals surface area (Å²) in [5.41, 5.74) is -0.0592. The molecule has 102 valence electrons. The second-order valence-electron chi connectivity index (χ2n) is 5.67. The number of aliphatic hydroxyl groups is 1. The van der Waals surface area contributed by atoms with Crippen molar-refractivity contribution in [2.24, 2.45) is 5.92 Å². The predicted octanol–water partition coefficient (Wildman–Crippen LogP) is 1.86. The average Bonchev–Trinajstić information content (AvgIpc) is 3.14. The molecule has 17 heavy (non-hydrogen) atoms. The minimum Gasteiger partial charge on any atom is -0.394 e. The number of rotatable bonds is 9.